The van der Waals surface area contributed by atoms with Gasteiger partial charge in [-0.1, -0.05) is 46.1 Å². The van der Waals surface area contributed by atoms with Gasteiger partial charge < -0.3 is 14.4 Å². The van der Waals surface area contributed by atoms with Crippen LogP contribution in [0.3, 0.4) is 0 Å². The minimum Gasteiger partial charge on any atom is -0.494 e. The molecule has 148 valence electrons. The fourth-order valence-corrected chi connectivity index (χ4v) is 2.99. The van der Waals surface area contributed by atoms with Crippen LogP contribution in [0.4, 0.5) is 5.69 Å². The Bertz CT molecular complexity index is 655. The van der Waals surface area contributed by atoms with Gasteiger partial charge in [-0.25, -0.2) is 4.99 Å². The predicted octanol–water partition coefficient (Wildman–Crippen LogP) is 5.31. The van der Waals surface area contributed by atoms with Gasteiger partial charge in [0.1, 0.15) is 5.75 Å². The smallest absolute Gasteiger partial charge is 0.315 e. The Morgan fingerprint density at radius 2 is 2.07 bits per heavy atom. The van der Waals surface area contributed by atoms with Gasteiger partial charge >= 0.3 is 5.97 Å². The summed E-state index contributed by atoms with van der Waals surface area (Å²) >= 11 is 0. The monoisotopic (exact) mass is 372 g/mol. The SMILES string of the molecule is CCCCCOc1cccc(N2C=C(OC(=O)C(CC)CCC)N=CC2)c1. The molecular weight excluding hydrogens is 340 g/mol. The van der Waals surface area contributed by atoms with E-state index >= 15 is 0 Å². The molecular formula is C22H32N2O3. The first-order valence-corrected chi connectivity index (χ1v) is 10.1. The number of anilines is 1. The van der Waals surface area contributed by atoms with Crippen LogP contribution in [0.5, 0.6) is 5.75 Å². The topological polar surface area (TPSA) is 51.1 Å². The standard InChI is InChI=1S/C22H32N2O3/c1-4-7-8-15-26-20-12-9-11-19(16-20)24-14-13-23-21(17-24)27-22(25)18(6-3)10-5-2/h9,11-13,16-18H,4-8,10,14-15H2,1-3H3. The second kappa shape index (κ2) is 11.4. The minimum absolute atomic E-state index is 0.0682. The maximum Gasteiger partial charge on any atom is 0.315 e. The summed E-state index contributed by atoms with van der Waals surface area (Å²) in [5.74, 6) is 0.932. The molecule has 0 aliphatic carbocycles. The summed E-state index contributed by atoms with van der Waals surface area (Å²) in [6, 6.07) is 7.96. The highest BCUT2D eigenvalue weighted by Gasteiger charge is 2.20. The maximum atomic E-state index is 12.3. The number of esters is 1. The molecule has 0 radical (unpaired) electrons. The number of nitrogens with zero attached hydrogens (tertiary/aromatic N) is 2. The molecule has 0 spiro atoms. The van der Waals surface area contributed by atoms with Crippen molar-refractivity contribution in [3.63, 3.8) is 0 Å². The van der Waals surface area contributed by atoms with E-state index in [2.05, 4.69) is 18.8 Å². The van der Waals surface area contributed by atoms with Gasteiger partial charge in [-0.15, -0.1) is 0 Å². The molecule has 0 amide bonds. The summed E-state index contributed by atoms with van der Waals surface area (Å²) in [5.41, 5.74) is 0.989. The van der Waals surface area contributed by atoms with E-state index in [0.29, 0.717) is 12.4 Å². The Balaban J connectivity index is 2.00. The highest BCUT2D eigenvalue weighted by molar-refractivity contribution is 5.75. The Morgan fingerprint density at radius 3 is 2.81 bits per heavy atom. The molecule has 1 atom stereocenters. The maximum absolute atomic E-state index is 12.3. The fourth-order valence-electron chi connectivity index (χ4n) is 2.99. The van der Waals surface area contributed by atoms with Crippen molar-refractivity contribution in [1.29, 1.82) is 0 Å². The van der Waals surface area contributed by atoms with Crippen LogP contribution in [0.2, 0.25) is 0 Å². The summed E-state index contributed by atoms with van der Waals surface area (Å²) in [5, 5.41) is 0. The van der Waals surface area contributed by atoms with Crippen molar-refractivity contribution in [3.8, 4) is 5.75 Å². The van der Waals surface area contributed by atoms with Gasteiger partial charge in [0.15, 0.2) is 0 Å². The zero-order chi connectivity index (χ0) is 19.5. The predicted molar refractivity (Wildman–Crippen MR) is 110 cm³/mol. The molecule has 1 aliphatic heterocycles. The number of hydrogen-bond acceptors (Lipinski definition) is 5. The lowest BCUT2D eigenvalue weighted by Crippen LogP contribution is -2.24. The number of hydrogen-bond donors (Lipinski definition) is 0. The molecule has 1 heterocycles. The second-order valence-corrected chi connectivity index (χ2v) is 6.80. The average Bonchev–Trinajstić information content (AvgIpc) is 2.70. The van der Waals surface area contributed by atoms with Crippen LogP contribution >= 0.6 is 0 Å². The molecule has 0 N–H and O–H groups in total. The molecule has 27 heavy (non-hydrogen) atoms. The van der Waals surface area contributed by atoms with Crippen molar-refractivity contribution in [2.75, 3.05) is 18.1 Å². The number of rotatable bonds is 11. The molecule has 1 aliphatic rings. The Kier molecular flexibility index (Phi) is 8.89. The van der Waals surface area contributed by atoms with Crippen molar-refractivity contribution in [2.45, 2.75) is 59.3 Å². The van der Waals surface area contributed by atoms with Gasteiger partial charge in [-0.05, 0) is 31.4 Å². The molecule has 1 aromatic carbocycles. The molecule has 0 saturated carbocycles. The van der Waals surface area contributed by atoms with E-state index in [0.717, 1.165) is 43.7 Å². The van der Waals surface area contributed by atoms with Gasteiger partial charge in [0.05, 0.1) is 25.3 Å². The van der Waals surface area contributed by atoms with E-state index in [1.165, 1.54) is 12.8 Å². The number of ether oxygens (including phenoxy) is 2. The van der Waals surface area contributed by atoms with E-state index in [1.807, 2.05) is 36.1 Å². The molecule has 1 aromatic rings. The zero-order valence-electron chi connectivity index (χ0n) is 16.8. The van der Waals surface area contributed by atoms with Crippen molar-refractivity contribution >= 4 is 17.9 Å². The first-order chi connectivity index (χ1) is 13.2. The van der Waals surface area contributed by atoms with Crippen LogP contribution in [0.15, 0.2) is 41.3 Å². The van der Waals surface area contributed by atoms with Crippen LogP contribution in [0.1, 0.15) is 59.3 Å². The van der Waals surface area contributed by atoms with E-state index in [1.54, 1.807) is 12.4 Å². The van der Waals surface area contributed by atoms with Gasteiger partial charge in [0.25, 0.3) is 0 Å². The van der Waals surface area contributed by atoms with Crippen molar-refractivity contribution in [3.05, 3.63) is 36.3 Å². The van der Waals surface area contributed by atoms with E-state index < -0.39 is 0 Å². The molecule has 5 nitrogen and oxygen atoms in total. The third kappa shape index (κ3) is 6.74. The second-order valence-electron chi connectivity index (χ2n) is 6.80. The van der Waals surface area contributed by atoms with Gasteiger partial charge in [0.2, 0.25) is 5.88 Å². The number of carbonyl (C=O) groups excluding carboxylic acids is 1. The van der Waals surface area contributed by atoms with Crippen LogP contribution in [0.25, 0.3) is 0 Å². The van der Waals surface area contributed by atoms with Gasteiger partial charge in [-0.2, -0.15) is 0 Å². The van der Waals surface area contributed by atoms with Crippen LogP contribution in [-0.2, 0) is 9.53 Å². The van der Waals surface area contributed by atoms with Gasteiger partial charge in [0, 0.05) is 18.0 Å². The number of aliphatic imine (C=N–C) groups is 1. The van der Waals surface area contributed by atoms with Gasteiger partial charge in [-0.3, -0.25) is 4.79 Å². The first-order valence-electron chi connectivity index (χ1n) is 10.1. The first kappa shape index (κ1) is 21.0. The van der Waals surface area contributed by atoms with E-state index in [4.69, 9.17) is 9.47 Å². The number of unbranched alkanes of at least 4 members (excludes halogenated alkanes) is 2. The molecule has 5 heteroatoms. The normalized spacial score (nSPS) is 14.6. The van der Waals surface area contributed by atoms with E-state index in [-0.39, 0.29) is 11.9 Å². The fraction of sp³-hybridized carbons (Fsp3) is 0.545. The lowest BCUT2D eigenvalue weighted by molar-refractivity contribution is -0.144. The average molecular weight is 373 g/mol. The third-order valence-corrected chi connectivity index (χ3v) is 4.60. The van der Waals surface area contributed by atoms with Crippen LogP contribution in [-0.4, -0.2) is 25.3 Å². The Labute approximate surface area is 163 Å². The molecule has 1 unspecified atom stereocenters. The lowest BCUT2D eigenvalue weighted by Gasteiger charge is -2.23. The van der Waals surface area contributed by atoms with E-state index in [9.17, 15) is 4.79 Å². The van der Waals surface area contributed by atoms with Crippen LogP contribution < -0.4 is 9.64 Å². The third-order valence-electron chi connectivity index (χ3n) is 4.60. The number of carbonyl (C=O) groups is 1. The highest BCUT2D eigenvalue weighted by atomic mass is 16.5. The summed E-state index contributed by atoms with van der Waals surface area (Å²) in [4.78, 5) is 18.6. The summed E-state index contributed by atoms with van der Waals surface area (Å²) in [7, 11) is 0. The Morgan fingerprint density at radius 1 is 1.22 bits per heavy atom. The lowest BCUT2D eigenvalue weighted by atomic mass is 10.0. The minimum atomic E-state index is -0.197. The Hall–Kier alpha value is -2.30. The molecule has 0 fully saturated rings. The zero-order valence-corrected chi connectivity index (χ0v) is 16.8. The summed E-state index contributed by atoms with van der Waals surface area (Å²) < 4.78 is 11.4. The molecule has 0 aromatic heterocycles. The summed E-state index contributed by atoms with van der Waals surface area (Å²) in [6.45, 7) is 7.63. The van der Waals surface area contributed by atoms with Crippen LogP contribution in [0, 0.1) is 5.92 Å². The van der Waals surface area contributed by atoms with Crippen molar-refractivity contribution in [2.24, 2.45) is 10.9 Å². The number of benzene rings is 1. The molecule has 0 bridgehead atoms. The molecule has 0 saturated heterocycles. The quantitative estimate of drug-likeness (QED) is 0.390. The van der Waals surface area contributed by atoms with Crippen molar-refractivity contribution in [1.82, 2.24) is 0 Å². The summed E-state index contributed by atoms with van der Waals surface area (Å²) in [6.07, 6.45) is 9.56. The van der Waals surface area contributed by atoms with Crippen molar-refractivity contribution < 1.29 is 14.3 Å². The highest BCUT2D eigenvalue weighted by Crippen LogP contribution is 2.24. The molecule has 2 rings (SSSR count). The largest absolute Gasteiger partial charge is 0.494 e.